The molecule has 0 N–H and O–H groups in total. The van der Waals surface area contributed by atoms with Gasteiger partial charge in [0.25, 0.3) is 0 Å². The second kappa shape index (κ2) is 4.93. The van der Waals surface area contributed by atoms with Crippen molar-refractivity contribution in [3.8, 4) is 11.5 Å². The first kappa shape index (κ1) is 15.1. The lowest BCUT2D eigenvalue weighted by Crippen LogP contribution is -2.41. The SMILES string of the molecule is COc1ccc(F)c(OC)c1B1OC(C)(C)C(C)(C)O1. The summed E-state index contributed by atoms with van der Waals surface area (Å²) in [6.07, 6.45) is 0. The van der Waals surface area contributed by atoms with E-state index in [9.17, 15) is 4.39 Å². The topological polar surface area (TPSA) is 36.9 Å². The van der Waals surface area contributed by atoms with Gasteiger partial charge < -0.3 is 18.8 Å². The maximum absolute atomic E-state index is 13.9. The van der Waals surface area contributed by atoms with Gasteiger partial charge in [-0.15, -0.1) is 0 Å². The first-order valence-electron chi connectivity index (χ1n) is 6.49. The van der Waals surface area contributed by atoms with Gasteiger partial charge in [-0.1, -0.05) is 0 Å². The third kappa shape index (κ3) is 2.27. The van der Waals surface area contributed by atoms with Crippen LogP contribution in [0.25, 0.3) is 0 Å². The quantitative estimate of drug-likeness (QED) is 0.796. The third-order valence-electron chi connectivity index (χ3n) is 4.02. The second-order valence-electron chi connectivity index (χ2n) is 5.78. The number of methoxy groups -OCH3 is 2. The van der Waals surface area contributed by atoms with Crippen LogP contribution in [0.5, 0.6) is 11.5 Å². The Morgan fingerprint density at radius 1 is 1.00 bits per heavy atom. The van der Waals surface area contributed by atoms with Crippen LogP contribution in [-0.4, -0.2) is 32.5 Å². The zero-order valence-electron chi connectivity index (χ0n) is 12.7. The van der Waals surface area contributed by atoms with Gasteiger partial charge in [0.15, 0.2) is 11.6 Å². The van der Waals surface area contributed by atoms with E-state index in [-0.39, 0.29) is 5.75 Å². The summed E-state index contributed by atoms with van der Waals surface area (Å²) in [5.74, 6) is 0.0858. The van der Waals surface area contributed by atoms with Crippen molar-refractivity contribution in [1.82, 2.24) is 0 Å². The lowest BCUT2D eigenvalue weighted by molar-refractivity contribution is 0.00578. The number of benzene rings is 1. The van der Waals surface area contributed by atoms with Gasteiger partial charge in [-0.25, -0.2) is 4.39 Å². The molecule has 1 heterocycles. The van der Waals surface area contributed by atoms with Gasteiger partial charge in [0.05, 0.1) is 30.9 Å². The van der Waals surface area contributed by atoms with Crippen LogP contribution in [0, 0.1) is 5.82 Å². The number of ether oxygens (including phenoxy) is 2. The molecule has 0 aliphatic carbocycles. The molecule has 0 amide bonds. The molecule has 1 saturated heterocycles. The smallest absolute Gasteiger partial charge is 0.497 e. The van der Waals surface area contributed by atoms with Crippen molar-refractivity contribution in [2.75, 3.05) is 14.2 Å². The minimum Gasteiger partial charge on any atom is -0.497 e. The molecule has 1 aliphatic heterocycles. The van der Waals surface area contributed by atoms with Gasteiger partial charge >= 0.3 is 7.12 Å². The van der Waals surface area contributed by atoms with Crippen molar-refractivity contribution in [2.24, 2.45) is 0 Å². The lowest BCUT2D eigenvalue weighted by atomic mass is 9.77. The zero-order valence-corrected chi connectivity index (χ0v) is 12.7. The van der Waals surface area contributed by atoms with Crippen LogP contribution in [0.15, 0.2) is 12.1 Å². The second-order valence-corrected chi connectivity index (χ2v) is 5.78. The van der Waals surface area contributed by atoms with Gasteiger partial charge in [0.2, 0.25) is 0 Å². The van der Waals surface area contributed by atoms with E-state index in [0.717, 1.165) is 0 Å². The summed E-state index contributed by atoms with van der Waals surface area (Å²) in [5, 5.41) is 0. The molecule has 20 heavy (non-hydrogen) atoms. The van der Waals surface area contributed by atoms with Gasteiger partial charge in [0.1, 0.15) is 5.75 Å². The highest BCUT2D eigenvalue weighted by Crippen LogP contribution is 2.38. The van der Waals surface area contributed by atoms with Crippen molar-refractivity contribution >= 4 is 12.6 Å². The Kier molecular flexibility index (Phi) is 3.73. The normalized spacial score (nSPS) is 20.1. The minimum atomic E-state index is -0.736. The fourth-order valence-corrected chi connectivity index (χ4v) is 2.12. The van der Waals surface area contributed by atoms with Crippen molar-refractivity contribution in [2.45, 2.75) is 38.9 Å². The average molecular weight is 282 g/mol. The molecule has 2 rings (SSSR count). The zero-order chi connectivity index (χ0) is 15.1. The molecule has 6 heteroatoms. The molecule has 0 unspecified atom stereocenters. The fraction of sp³-hybridized carbons (Fsp3) is 0.571. The van der Waals surface area contributed by atoms with Crippen molar-refractivity contribution in [1.29, 1.82) is 0 Å². The summed E-state index contributed by atoms with van der Waals surface area (Å²) in [6, 6.07) is 2.84. The van der Waals surface area contributed by atoms with E-state index in [1.165, 1.54) is 26.4 Å². The molecule has 110 valence electrons. The van der Waals surface area contributed by atoms with E-state index in [1.807, 2.05) is 27.7 Å². The van der Waals surface area contributed by atoms with E-state index in [2.05, 4.69) is 0 Å². The molecule has 0 saturated carbocycles. The summed E-state index contributed by atoms with van der Waals surface area (Å²) in [6.45, 7) is 7.74. The molecule has 0 aromatic heterocycles. The Bertz CT molecular complexity index is 500. The van der Waals surface area contributed by atoms with Gasteiger partial charge in [-0.05, 0) is 39.8 Å². The average Bonchev–Trinajstić information content (AvgIpc) is 2.57. The summed E-state index contributed by atoms with van der Waals surface area (Å²) in [5.41, 5.74) is -0.589. The maximum Gasteiger partial charge on any atom is 0.502 e. The summed E-state index contributed by atoms with van der Waals surface area (Å²) < 4.78 is 36.2. The Morgan fingerprint density at radius 3 is 2.00 bits per heavy atom. The summed E-state index contributed by atoms with van der Waals surface area (Å²) in [7, 11) is 2.19. The van der Waals surface area contributed by atoms with Crippen molar-refractivity contribution < 1.29 is 23.2 Å². The molecule has 0 spiro atoms. The third-order valence-corrected chi connectivity index (χ3v) is 4.02. The van der Waals surface area contributed by atoms with Crippen molar-refractivity contribution in [3.63, 3.8) is 0 Å². The van der Waals surface area contributed by atoms with Crippen LogP contribution in [-0.2, 0) is 9.31 Å². The van der Waals surface area contributed by atoms with Crippen LogP contribution >= 0.6 is 0 Å². The number of hydrogen-bond acceptors (Lipinski definition) is 4. The van der Waals surface area contributed by atoms with Crippen LogP contribution in [0.4, 0.5) is 4.39 Å². The number of halogens is 1. The fourth-order valence-electron chi connectivity index (χ4n) is 2.12. The van der Waals surface area contributed by atoms with E-state index in [0.29, 0.717) is 11.2 Å². The van der Waals surface area contributed by atoms with E-state index in [4.69, 9.17) is 18.8 Å². The maximum atomic E-state index is 13.9. The lowest BCUT2D eigenvalue weighted by Gasteiger charge is -2.32. The molecule has 0 radical (unpaired) electrons. The molecular weight excluding hydrogens is 262 g/mol. The monoisotopic (exact) mass is 282 g/mol. The molecule has 1 fully saturated rings. The highest BCUT2D eigenvalue weighted by molar-refractivity contribution is 6.64. The molecule has 0 bridgehead atoms. The van der Waals surface area contributed by atoms with Gasteiger partial charge in [0, 0.05) is 0 Å². The number of rotatable bonds is 3. The minimum absolute atomic E-state index is 0.0860. The van der Waals surface area contributed by atoms with Gasteiger partial charge in [-0.3, -0.25) is 0 Å². The van der Waals surface area contributed by atoms with Crippen LogP contribution < -0.4 is 14.9 Å². The van der Waals surface area contributed by atoms with E-state index >= 15 is 0 Å². The first-order valence-corrected chi connectivity index (χ1v) is 6.49. The molecule has 1 aliphatic rings. The van der Waals surface area contributed by atoms with Crippen LogP contribution in [0.1, 0.15) is 27.7 Å². The predicted molar refractivity (Wildman–Crippen MR) is 75.2 cm³/mol. The van der Waals surface area contributed by atoms with Gasteiger partial charge in [-0.2, -0.15) is 0 Å². The summed E-state index contributed by atoms with van der Waals surface area (Å²) in [4.78, 5) is 0. The predicted octanol–water partition coefficient (Wildman–Crippen LogP) is 2.14. The Morgan fingerprint density at radius 2 is 1.55 bits per heavy atom. The molecule has 1 aromatic carbocycles. The van der Waals surface area contributed by atoms with E-state index in [1.54, 1.807) is 0 Å². The highest BCUT2D eigenvalue weighted by Gasteiger charge is 2.53. The van der Waals surface area contributed by atoms with Crippen LogP contribution in [0.3, 0.4) is 0 Å². The van der Waals surface area contributed by atoms with E-state index < -0.39 is 24.1 Å². The Balaban J connectivity index is 2.51. The standard InChI is InChI=1S/C14H20BFO4/c1-13(2)14(3,4)20-15(19-13)11-10(17-5)8-7-9(16)12(11)18-6/h7-8H,1-6H3. The Labute approximate surface area is 119 Å². The highest BCUT2D eigenvalue weighted by atomic mass is 19.1. The number of hydrogen-bond donors (Lipinski definition) is 0. The van der Waals surface area contributed by atoms with Crippen molar-refractivity contribution in [3.05, 3.63) is 17.9 Å². The molecule has 0 atom stereocenters. The largest absolute Gasteiger partial charge is 0.502 e. The molecule has 4 nitrogen and oxygen atoms in total. The molecule has 1 aromatic rings. The molecular formula is C14H20BFO4. The summed E-state index contributed by atoms with van der Waals surface area (Å²) >= 11 is 0. The Hall–Kier alpha value is -1.27. The first-order chi connectivity index (χ1) is 9.23. The van der Waals surface area contributed by atoms with Crippen LogP contribution in [0.2, 0.25) is 0 Å².